The first kappa shape index (κ1) is 103. The number of nitriles is 5. The number of methoxy groups -OCH3 is 5. The van der Waals surface area contributed by atoms with Crippen LogP contribution in [0, 0.1) is 106 Å². The number of anilines is 2. The van der Waals surface area contributed by atoms with Gasteiger partial charge in [0.1, 0.15) is 46.5 Å². The van der Waals surface area contributed by atoms with Gasteiger partial charge in [-0.2, -0.15) is 26.3 Å². The highest BCUT2D eigenvalue weighted by atomic mass is 79.9. The Balaban J connectivity index is 0.000000219. The van der Waals surface area contributed by atoms with Gasteiger partial charge in [0.15, 0.2) is 81.7 Å². The number of nitrogens with two attached hydrogens (primary N) is 1. The number of nitrogens with zero attached hydrogens (tertiary/aromatic N) is 10. The fourth-order valence-electron chi connectivity index (χ4n) is 11.3. The number of urea groups is 1. The molecular weight excluding hydrogens is 1890 g/mol. The van der Waals surface area contributed by atoms with E-state index in [1.54, 1.807) is 159 Å². The second-order valence-electron chi connectivity index (χ2n) is 26.0. The van der Waals surface area contributed by atoms with E-state index in [0.717, 1.165) is 16.7 Å². The number of phenolic OH excluding ortho intramolecular Hbond substituents is 2. The number of nitrogen functional groups attached to an aromatic ring is 1. The largest absolute Gasteiger partial charge is 1.00 e. The fourth-order valence-corrected chi connectivity index (χ4v) is 12.0. The molecule has 0 atom stereocenters. The molecule has 0 aliphatic rings. The van der Waals surface area contributed by atoms with Crippen LogP contribution in [0.4, 0.5) is 50.0 Å². The van der Waals surface area contributed by atoms with Gasteiger partial charge in [0.25, 0.3) is 5.82 Å². The Morgan fingerprint density at radius 3 is 1.14 bits per heavy atom. The van der Waals surface area contributed by atoms with Gasteiger partial charge < -0.3 is 96.1 Å². The van der Waals surface area contributed by atoms with E-state index in [9.17, 15) is 38.9 Å². The van der Waals surface area contributed by atoms with Crippen molar-refractivity contribution < 1.29 is 112 Å². The van der Waals surface area contributed by atoms with E-state index in [0.29, 0.717) is 102 Å². The monoisotopic (exact) mass is 1950 g/mol. The number of benzene rings is 10. The molecule has 40 heteroatoms. The van der Waals surface area contributed by atoms with Crippen molar-refractivity contribution in [2.75, 3.05) is 53.1 Å². The van der Waals surface area contributed by atoms with Crippen LogP contribution < -0.4 is 77.1 Å². The summed E-state index contributed by atoms with van der Waals surface area (Å²) in [5.74, 6) is -1.53. The van der Waals surface area contributed by atoms with Gasteiger partial charge >= 0.3 is 24.8 Å². The van der Waals surface area contributed by atoms with Gasteiger partial charge in [0, 0.05) is 24.7 Å². The molecule has 0 aliphatic heterocycles. The molecule has 9 N–H and O–H groups in total. The predicted octanol–water partition coefficient (Wildman–Crippen LogP) is 16.1. The molecule has 31 nitrogen and oxygen atoms in total. The average molecular weight is 1960 g/mol. The standard InChI is InChI=1S/C22H19FN4O3.C19H12FN3O4.C19H14FN3O2.C14H10FNO2.C7H6BNO2.C7H6BrFO2.C5H3BrN2O2.ClH/c1-3-25-22(28)27-19-10-7-16(13-26-19)30-18-9-8-17(29-2)20(21(18)23)15-6-4-5-14(11-15)12-24;1-26-15-6-7-16(27-14-5-8-17(22-11-14)23(24)25)19(20)18(15)13-4-2-3-12(9-13)10-21;1-24-15-6-7-16(25-14-5-8-17(22)23-11-14)19(20)18(15)13-4-2-3-12(9-13)10-21;1-18-12-6-5-11(17)14(15)13(12)10-4-2-3-9(7-10)8-16;9-5-6-2-1-3-7(4-6)8(10)11;1-11-5-3-2-4(10)7(9)6(5)8;6-4-1-2-5(7-3-4)8(9)10;/h4-11,13H,3H2,1-2H3,(H2,25,26,27,28);2-9,11H,1H3;2-9,11H,1H3,(H2,22,23);2-7,17H,1H3;1-4,10-11H;2-3,10H,1H3;1-3H;1H. The molecule has 0 saturated carbocycles. The molecule has 10 aromatic carbocycles. The molecule has 0 spiro atoms. The van der Waals surface area contributed by atoms with E-state index in [2.05, 4.69) is 62.4 Å². The number of hydrogen-bond donors (Lipinski definition) is 7. The highest BCUT2D eigenvalue weighted by Crippen LogP contribution is 2.44. The van der Waals surface area contributed by atoms with Crippen LogP contribution >= 0.6 is 31.9 Å². The average Bonchev–Trinajstić information content (AvgIpc) is 0.800. The molecule has 0 aliphatic carbocycles. The lowest BCUT2D eigenvalue weighted by Gasteiger charge is -2.14. The maximum Gasteiger partial charge on any atom is 0.488 e. The Labute approximate surface area is 778 Å². The number of carbonyl (C=O) groups excluding carboxylic acids is 1. The van der Waals surface area contributed by atoms with Crippen LogP contribution in [0.3, 0.4) is 0 Å². The number of hydrogen-bond acceptors (Lipinski definition) is 26. The molecule has 14 rings (SSSR count). The van der Waals surface area contributed by atoms with E-state index in [4.69, 9.17) is 85.1 Å². The second-order valence-corrected chi connectivity index (χ2v) is 27.7. The lowest BCUT2D eigenvalue weighted by atomic mass is 9.80. The van der Waals surface area contributed by atoms with Crippen molar-refractivity contribution in [2.24, 2.45) is 0 Å². The quantitative estimate of drug-likeness (QED) is 0.0161. The van der Waals surface area contributed by atoms with Gasteiger partial charge in [0.2, 0.25) is 0 Å². The highest BCUT2D eigenvalue weighted by Gasteiger charge is 2.24. The molecule has 0 bridgehead atoms. The third kappa shape index (κ3) is 29.0. The number of aromatic nitrogens is 4. The predicted molar refractivity (Wildman–Crippen MR) is 481 cm³/mol. The Morgan fingerprint density at radius 2 is 0.797 bits per heavy atom. The number of ether oxygens (including phenoxy) is 8. The molecule has 0 radical (unpaired) electrons. The zero-order chi connectivity index (χ0) is 96.1. The van der Waals surface area contributed by atoms with Crippen LogP contribution in [0.15, 0.2) is 264 Å². The maximum atomic E-state index is 15.3. The van der Waals surface area contributed by atoms with Crippen LogP contribution in [0.25, 0.3) is 44.5 Å². The minimum Gasteiger partial charge on any atom is -1.00 e. The van der Waals surface area contributed by atoms with E-state index >= 15 is 13.2 Å². The van der Waals surface area contributed by atoms with Crippen molar-refractivity contribution in [3.63, 3.8) is 0 Å². The van der Waals surface area contributed by atoms with Crippen molar-refractivity contribution in [2.45, 2.75) is 6.92 Å². The van der Waals surface area contributed by atoms with E-state index < -0.39 is 57.6 Å². The SMILES string of the molecule is CCNC(=O)Nc1ccc(Oc2ccc(OC)c(-c3cccc(C#N)c3)c2F)cn1.COc1ccc(O)c(F)c1-c1cccc(C#N)c1.COc1ccc(O)c(F)c1Br.COc1ccc(Oc2ccc(N)[nH+]c2)c(F)c1-c1cccc(C#N)c1.COc1ccc(Oc2ccc([N+](=O)[O-])nc2)c(F)c1-c1cccc(C#N)c1.N#Cc1cccc(B(O)O)c1.O=[N+]([O-])c1ccc(Br)cn1.[Cl-]. The maximum absolute atomic E-state index is 15.3. The Hall–Kier alpha value is -17.0. The number of nitrogens with one attached hydrogen (secondary N) is 3. The summed E-state index contributed by atoms with van der Waals surface area (Å²) in [6.07, 6.45) is 5.44. The Bertz CT molecular complexity index is 6660. The van der Waals surface area contributed by atoms with Crippen LogP contribution in [-0.4, -0.2) is 100 Å². The fraction of sp³-hybridized carbons (Fsp3) is 0.0753. The molecule has 14 aromatic rings. The first-order chi connectivity index (χ1) is 63.5. The van der Waals surface area contributed by atoms with Crippen molar-refractivity contribution in [3.8, 4) is 150 Å². The summed E-state index contributed by atoms with van der Waals surface area (Å²) in [5, 5.41) is 106. The normalized spacial score (nSPS) is 9.79. The Morgan fingerprint density at radius 1 is 0.451 bits per heavy atom. The number of rotatable bonds is 20. The van der Waals surface area contributed by atoms with Crippen molar-refractivity contribution >= 4 is 73.7 Å². The molecule has 674 valence electrons. The van der Waals surface area contributed by atoms with E-state index in [1.807, 2.05) is 30.3 Å². The van der Waals surface area contributed by atoms with Crippen LogP contribution in [0.5, 0.6) is 74.7 Å². The zero-order valence-electron chi connectivity index (χ0n) is 70.2. The Kier molecular flexibility index (Phi) is 39.6. The molecule has 2 amide bonds. The van der Waals surface area contributed by atoms with Gasteiger partial charge in [-0.3, -0.25) is 11.1 Å². The number of H-pyrrole nitrogens is 1. The summed E-state index contributed by atoms with van der Waals surface area (Å²) < 4.78 is 116. The minimum absolute atomic E-state index is 0. The number of nitro groups is 2. The number of aromatic hydroxyl groups is 2. The first-order valence-electron chi connectivity index (χ1n) is 37.9. The van der Waals surface area contributed by atoms with Gasteiger partial charge in [-0.05, 0) is 238 Å². The summed E-state index contributed by atoms with van der Waals surface area (Å²) in [6, 6.07) is 68.2. The number of amides is 2. The van der Waals surface area contributed by atoms with E-state index in [1.165, 1.54) is 127 Å². The summed E-state index contributed by atoms with van der Waals surface area (Å²) in [6.45, 7) is 2.29. The molecule has 0 saturated heterocycles. The first-order valence-corrected chi connectivity index (χ1v) is 39.5. The minimum atomic E-state index is -1.50. The number of carbonyl (C=O) groups is 1. The summed E-state index contributed by atoms with van der Waals surface area (Å²) in [5.41, 5.74) is 10.6. The smallest absolute Gasteiger partial charge is 0.488 e. The third-order valence-corrected chi connectivity index (χ3v) is 18.7. The zero-order valence-corrected chi connectivity index (χ0v) is 74.1. The number of halogens is 8. The van der Waals surface area contributed by atoms with Crippen molar-refractivity contribution in [1.29, 1.82) is 26.3 Å². The molecule has 4 aromatic heterocycles. The van der Waals surface area contributed by atoms with Gasteiger partial charge in [-0.25, -0.2) is 36.7 Å². The van der Waals surface area contributed by atoms with Crippen LogP contribution in [0.2, 0.25) is 0 Å². The van der Waals surface area contributed by atoms with Crippen LogP contribution in [0.1, 0.15) is 34.7 Å². The van der Waals surface area contributed by atoms with Gasteiger partial charge in [-0.1, -0.05) is 60.7 Å². The summed E-state index contributed by atoms with van der Waals surface area (Å²) >= 11 is 6.04. The number of phenols is 2. The van der Waals surface area contributed by atoms with Gasteiger partial charge in [-0.15, -0.1) is 0 Å². The molecule has 133 heavy (non-hydrogen) atoms. The van der Waals surface area contributed by atoms with Crippen LogP contribution in [-0.2, 0) is 0 Å². The number of aromatic amines is 1. The molecule has 0 fully saturated rings. The summed E-state index contributed by atoms with van der Waals surface area (Å²) in [4.78, 5) is 45.1. The molecule has 4 heterocycles. The highest BCUT2D eigenvalue weighted by molar-refractivity contribution is 9.10. The van der Waals surface area contributed by atoms with Crippen molar-refractivity contribution in [1.82, 2.24) is 20.3 Å². The molecule has 0 unspecified atom stereocenters. The number of pyridine rings is 4. The third-order valence-electron chi connectivity index (χ3n) is 17.5. The lowest BCUT2D eigenvalue weighted by molar-refractivity contribution is -0.389. The second kappa shape index (κ2) is 51.1. The molecular formula is C93H71BBr2ClF5N14O17. The van der Waals surface area contributed by atoms with Gasteiger partial charge in [0.05, 0.1) is 131 Å². The lowest BCUT2D eigenvalue weighted by Crippen LogP contribution is -3.00. The van der Waals surface area contributed by atoms with Crippen molar-refractivity contribution in [3.05, 3.63) is 341 Å². The topological polar surface area (TPSA) is 480 Å². The summed E-state index contributed by atoms with van der Waals surface area (Å²) in [7, 11) is 5.66. The van der Waals surface area contributed by atoms with E-state index in [-0.39, 0.29) is 91.3 Å².